The summed E-state index contributed by atoms with van der Waals surface area (Å²) in [6.45, 7) is 2.64. The zero-order chi connectivity index (χ0) is 17.8. The summed E-state index contributed by atoms with van der Waals surface area (Å²) in [6, 6.07) is 13.6. The Morgan fingerprint density at radius 1 is 1.16 bits per heavy atom. The lowest BCUT2D eigenvalue weighted by Gasteiger charge is -2.03. The number of aromatic nitrogens is 2. The number of benzene rings is 2. The third-order valence-electron chi connectivity index (χ3n) is 3.70. The average molecular weight is 336 g/mol. The summed E-state index contributed by atoms with van der Waals surface area (Å²) in [5.41, 5.74) is 3.16. The van der Waals surface area contributed by atoms with Gasteiger partial charge in [-0.05, 0) is 24.6 Å². The Labute approximate surface area is 144 Å². The molecule has 3 aromatic rings. The van der Waals surface area contributed by atoms with E-state index in [1.54, 1.807) is 17.1 Å². The number of anilines is 1. The van der Waals surface area contributed by atoms with Crippen molar-refractivity contribution in [1.82, 2.24) is 9.78 Å². The molecule has 0 saturated carbocycles. The lowest BCUT2D eigenvalue weighted by molar-refractivity contribution is -0.384. The summed E-state index contributed by atoms with van der Waals surface area (Å²) >= 11 is 0. The molecule has 0 aliphatic rings. The van der Waals surface area contributed by atoms with E-state index in [2.05, 4.69) is 10.4 Å². The standard InChI is InChI=1S/C18H16N4O3/c1-13-2-4-14(5-3-13)11-21-12-16(10-19-21)20-18(23)15-6-8-17(9-7-15)22(24)25/h2-10,12H,11H2,1H3,(H,20,23). The molecular weight excluding hydrogens is 320 g/mol. The van der Waals surface area contributed by atoms with Crippen molar-refractivity contribution in [1.29, 1.82) is 0 Å². The maximum atomic E-state index is 12.2. The van der Waals surface area contributed by atoms with Crippen molar-refractivity contribution in [3.05, 3.63) is 87.7 Å². The zero-order valence-corrected chi connectivity index (χ0v) is 13.5. The van der Waals surface area contributed by atoms with Gasteiger partial charge in [0.15, 0.2) is 0 Å². The fourth-order valence-corrected chi connectivity index (χ4v) is 2.33. The number of amides is 1. The summed E-state index contributed by atoms with van der Waals surface area (Å²) in [4.78, 5) is 22.3. The second-order valence-corrected chi connectivity index (χ2v) is 5.67. The van der Waals surface area contributed by atoms with Crippen LogP contribution >= 0.6 is 0 Å². The highest BCUT2D eigenvalue weighted by molar-refractivity contribution is 6.04. The molecule has 1 heterocycles. The molecule has 0 unspecified atom stereocenters. The maximum absolute atomic E-state index is 12.2. The third-order valence-corrected chi connectivity index (χ3v) is 3.70. The zero-order valence-electron chi connectivity index (χ0n) is 13.5. The first-order valence-corrected chi connectivity index (χ1v) is 7.65. The highest BCUT2D eigenvalue weighted by atomic mass is 16.6. The van der Waals surface area contributed by atoms with E-state index in [-0.39, 0.29) is 11.6 Å². The van der Waals surface area contributed by atoms with E-state index >= 15 is 0 Å². The van der Waals surface area contributed by atoms with Crippen LogP contribution in [0.1, 0.15) is 21.5 Å². The molecule has 1 amide bonds. The van der Waals surface area contributed by atoms with Gasteiger partial charge in [0.2, 0.25) is 0 Å². The Kier molecular flexibility index (Phi) is 4.56. The molecule has 0 saturated heterocycles. The van der Waals surface area contributed by atoms with Gasteiger partial charge in [-0.2, -0.15) is 5.10 Å². The monoisotopic (exact) mass is 336 g/mol. The van der Waals surface area contributed by atoms with E-state index in [4.69, 9.17) is 0 Å². The fourth-order valence-electron chi connectivity index (χ4n) is 2.33. The largest absolute Gasteiger partial charge is 0.319 e. The molecule has 1 N–H and O–H groups in total. The van der Waals surface area contributed by atoms with Crippen molar-refractivity contribution < 1.29 is 9.72 Å². The van der Waals surface area contributed by atoms with Crippen molar-refractivity contribution in [2.75, 3.05) is 5.32 Å². The number of nitro groups is 1. The van der Waals surface area contributed by atoms with Gasteiger partial charge in [0.25, 0.3) is 11.6 Å². The van der Waals surface area contributed by atoms with Crippen molar-refractivity contribution in [2.45, 2.75) is 13.5 Å². The molecule has 0 fully saturated rings. The van der Waals surface area contributed by atoms with Crippen LogP contribution in [0.4, 0.5) is 11.4 Å². The van der Waals surface area contributed by atoms with Crippen LogP contribution in [0.3, 0.4) is 0 Å². The topological polar surface area (TPSA) is 90.1 Å². The van der Waals surface area contributed by atoms with Gasteiger partial charge in [0.05, 0.1) is 23.4 Å². The minimum atomic E-state index is -0.503. The number of nitro benzene ring substituents is 1. The van der Waals surface area contributed by atoms with Crippen molar-refractivity contribution in [2.24, 2.45) is 0 Å². The molecule has 1 aromatic heterocycles. The molecule has 0 spiro atoms. The average Bonchev–Trinajstić information content (AvgIpc) is 3.04. The Morgan fingerprint density at radius 3 is 2.48 bits per heavy atom. The summed E-state index contributed by atoms with van der Waals surface area (Å²) < 4.78 is 1.73. The molecule has 0 aliphatic carbocycles. The van der Waals surface area contributed by atoms with E-state index in [0.717, 1.165) is 5.56 Å². The number of carbonyl (C=O) groups is 1. The molecule has 0 radical (unpaired) electrons. The number of hydrogen-bond donors (Lipinski definition) is 1. The van der Waals surface area contributed by atoms with Crippen molar-refractivity contribution in [3.8, 4) is 0 Å². The van der Waals surface area contributed by atoms with Gasteiger partial charge in [-0.15, -0.1) is 0 Å². The Morgan fingerprint density at radius 2 is 1.84 bits per heavy atom. The Bertz CT molecular complexity index is 899. The van der Waals surface area contributed by atoms with Gasteiger partial charge in [-0.25, -0.2) is 0 Å². The normalized spacial score (nSPS) is 10.4. The second-order valence-electron chi connectivity index (χ2n) is 5.67. The van der Waals surface area contributed by atoms with Gasteiger partial charge in [0.1, 0.15) is 0 Å². The Balaban J connectivity index is 1.65. The smallest absolute Gasteiger partial charge is 0.269 e. The number of nitrogens with one attached hydrogen (secondary N) is 1. The number of carbonyl (C=O) groups excluding carboxylic acids is 1. The van der Waals surface area contributed by atoms with Gasteiger partial charge in [-0.3, -0.25) is 19.6 Å². The van der Waals surface area contributed by atoms with E-state index in [0.29, 0.717) is 17.8 Å². The van der Waals surface area contributed by atoms with Crippen LogP contribution in [0.2, 0.25) is 0 Å². The van der Waals surface area contributed by atoms with Crippen molar-refractivity contribution >= 4 is 17.3 Å². The van der Waals surface area contributed by atoms with Crippen LogP contribution in [-0.2, 0) is 6.54 Å². The van der Waals surface area contributed by atoms with Gasteiger partial charge in [0, 0.05) is 23.9 Å². The number of non-ortho nitro benzene ring substituents is 1. The van der Waals surface area contributed by atoms with Gasteiger partial charge in [-0.1, -0.05) is 29.8 Å². The quantitative estimate of drug-likeness (QED) is 0.571. The van der Waals surface area contributed by atoms with E-state index in [1.165, 1.54) is 29.8 Å². The molecule has 126 valence electrons. The first-order valence-electron chi connectivity index (χ1n) is 7.65. The van der Waals surface area contributed by atoms with Crippen molar-refractivity contribution in [3.63, 3.8) is 0 Å². The molecule has 3 rings (SSSR count). The number of nitrogens with zero attached hydrogens (tertiary/aromatic N) is 3. The fraction of sp³-hybridized carbons (Fsp3) is 0.111. The molecule has 25 heavy (non-hydrogen) atoms. The van der Waals surface area contributed by atoms with Gasteiger partial charge >= 0.3 is 0 Å². The second kappa shape index (κ2) is 6.96. The number of aryl methyl sites for hydroxylation is 1. The summed E-state index contributed by atoms with van der Waals surface area (Å²) in [7, 11) is 0. The van der Waals surface area contributed by atoms with Crippen LogP contribution in [0.15, 0.2) is 60.9 Å². The molecule has 7 nitrogen and oxygen atoms in total. The lowest BCUT2D eigenvalue weighted by atomic mass is 10.1. The predicted octanol–water partition coefficient (Wildman–Crippen LogP) is 3.40. The molecule has 2 aromatic carbocycles. The molecular formula is C18H16N4O3. The van der Waals surface area contributed by atoms with Crippen LogP contribution in [0.25, 0.3) is 0 Å². The van der Waals surface area contributed by atoms with Gasteiger partial charge < -0.3 is 5.32 Å². The summed E-state index contributed by atoms with van der Waals surface area (Å²) in [6.07, 6.45) is 3.31. The molecule has 0 atom stereocenters. The highest BCUT2D eigenvalue weighted by Gasteiger charge is 2.10. The van der Waals surface area contributed by atoms with Crippen LogP contribution in [-0.4, -0.2) is 20.6 Å². The first kappa shape index (κ1) is 16.4. The SMILES string of the molecule is Cc1ccc(Cn2cc(NC(=O)c3ccc([N+](=O)[O-])cc3)cn2)cc1. The predicted molar refractivity (Wildman–Crippen MR) is 93.6 cm³/mol. The van der Waals surface area contributed by atoms with Crippen LogP contribution in [0, 0.1) is 17.0 Å². The maximum Gasteiger partial charge on any atom is 0.269 e. The Hall–Kier alpha value is -3.48. The molecule has 7 heteroatoms. The highest BCUT2D eigenvalue weighted by Crippen LogP contribution is 2.14. The minimum absolute atomic E-state index is 0.0533. The summed E-state index contributed by atoms with van der Waals surface area (Å²) in [5.74, 6) is -0.343. The lowest BCUT2D eigenvalue weighted by Crippen LogP contribution is -2.11. The van der Waals surface area contributed by atoms with Crippen LogP contribution < -0.4 is 5.32 Å². The van der Waals surface area contributed by atoms with Crippen LogP contribution in [0.5, 0.6) is 0 Å². The molecule has 0 bridgehead atoms. The van der Waals surface area contributed by atoms with E-state index in [1.807, 2.05) is 31.2 Å². The number of rotatable bonds is 5. The minimum Gasteiger partial charge on any atom is -0.319 e. The number of hydrogen-bond acceptors (Lipinski definition) is 4. The van der Waals surface area contributed by atoms with E-state index in [9.17, 15) is 14.9 Å². The first-order chi connectivity index (χ1) is 12.0. The molecule has 0 aliphatic heterocycles. The van der Waals surface area contributed by atoms with E-state index < -0.39 is 4.92 Å². The summed E-state index contributed by atoms with van der Waals surface area (Å²) in [5, 5.41) is 17.6. The third kappa shape index (κ3) is 4.08.